The van der Waals surface area contributed by atoms with Gasteiger partial charge in [0.2, 0.25) is 5.91 Å². The normalized spacial score (nSPS) is 19.1. The van der Waals surface area contributed by atoms with Gasteiger partial charge in [-0.05, 0) is 87.0 Å². The number of nitrogen functional groups attached to an aromatic ring is 1. The van der Waals surface area contributed by atoms with Gasteiger partial charge in [-0.15, -0.1) is 0 Å². The van der Waals surface area contributed by atoms with E-state index in [0.717, 1.165) is 37.1 Å². The molecule has 2 heterocycles. The van der Waals surface area contributed by atoms with Gasteiger partial charge < -0.3 is 15.8 Å². The molecule has 2 aromatic carbocycles. The highest BCUT2D eigenvalue weighted by Crippen LogP contribution is 2.38. The van der Waals surface area contributed by atoms with Crippen LogP contribution in [0.2, 0.25) is 10.0 Å². The summed E-state index contributed by atoms with van der Waals surface area (Å²) < 4.78 is 20.2. The fraction of sp³-hybridized carbons (Fsp3) is 0.429. The average molecular weight is 548 g/mol. The van der Waals surface area contributed by atoms with Gasteiger partial charge in [0.25, 0.3) is 0 Å². The molecule has 0 saturated carbocycles. The molecule has 0 bridgehead atoms. The summed E-state index contributed by atoms with van der Waals surface area (Å²) in [7, 11) is 1.67. The number of halogens is 3. The molecular weight excluding hydrogens is 514 g/mol. The monoisotopic (exact) mass is 546 g/mol. The molecule has 6 nitrogen and oxygen atoms in total. The molecule has 1 amide bonds. The van der Waals surface area contributed by atoms with Crippen LogP contribution in [0.15, 0.2) is 40.9 Å². The van der Waals surface area contributed by atoms with Crippen molar-refractivity contribution in [3.05, 3.63) is 68.5 Å². The van der Waals surface area contributed by atoms with Crippen LogP contribution in [0.3, 0.4) is 0 Å². The Kier molecular flexibility index (Phi) is 8.78. The Hall–Kier alpha value is -2.61. The van der Waals surface area contributed by atoms with Gasteiger partial charge in [0.1, 0.15) is 17.7 Å². The summed E-state index contributed by atoms with van der Waals surface area (Å²) in [6.45, 7) is 5.97. The number of rotatable bonds is 8. The lowest BCUT2D eigenvalue weighted by Gasteiger charge is -2.31. The molecule has 3 N–H and O–H groups in total. The Morgan fingerprint density at radius 1 is 1.30 bits per heavy atom. The molecule has 4 rings (SSSR count). The maximum absolute atomic E-state index is 14.0. The molecular formula is C28H33Cl2FN4O2. The molecule has 9 heteroatoms. The van der Waals surface area contributed by atoms with E-state index >= 15 is 0 Å². The molecule has 1 saturated heterocycles. The summed E-state index contributed by atoms with van der Waals surface area (Å²) in [4.78, 5) is 18.6. The van der Waals surface area contributed by atoms with Crippen molar-refractivity contribution in [1.82, 2.24) is 10.2 Å². The van der Waals surface area contributed by atoms with E-state index < -0.39 is 11.9 Å². The number of ether oxygens (including phenoxy) is 1. The Labute approximate surface area is 227 Å². The lowest BCUT2D eigenvalue weighted by atomic mass is 9.89. The Bertz CT molecular complexity index is 1230. The van der Waals surface area contributed by atoms with E-state index in [-0.39, 0.29) is 17.0 Å². The number of piperidine rings is 1. The number of nitrogens with one attached hydrogen (secondary N) is 1. The standard InChI is InChI=1S/C28H33Cl2FN4O2/c1-16-10-18(12-24(28(16)32)37-17(2)26-22(29)4-5-23(31)27(26)30)11-21-13-20(14-34-21)19-6-8-35(9-7-19)15-25(36)33-3/h4-5,10,12-14,17,19,21H,6-9,11,15,32H2,1-3H3,(H,33,36). The highest BCUT2D eigenvalue weighted by atomic mass is 35.5. The number of benzene rings is 2. The number of aryl methyl sites for hydroxylation is 1. The zero-order valence-electron chi connectivity index (χ0n) is 21.4. The third kappa shape index (κ3) is 6.46. The molecule has 37 heavy (non-hydrogen) atoms. The van der Waals surface area contributed by atoms with E-state index in [1.54, 1.807) is 14.0 Å². The lowest BCUT2D eigenvalue weighted by Crippen LogP contribution is -2.40. The maximum atomic E-state index is 14.0. The first kappa shape index (κ1) is 27.4. The van der Waals surface area contributed by atoms with Gasteiger partial charge in [-0.2, -0.15) is 0 Å². The third-order valence-electron chi connectivity index (χ3n) is 7.15. The Morgan fingerprint density at radius 3 is 2.73 bits per heavy atom. The van der Waals surface area contributed by atoms with Gasteiger partial charge in [-0.1, -0.05) is 35.3 Å². The highest BCUT2D eigenvalue weighted by Gasteiger charge is 2.26. The van der Waals surface area contributed by atoms with Crippen LogP contribution < -0.4 is 15.8 Å². The summed E-state index contributed by atoms with van der Waals surface area (Å²) in [5.41, 5.74) is 10.5. The minimum Gasteiger partial charge on any atom is -0.484 e. The fourth-order valence-corrected chi connectivity index (χ4v) is 5.69. The van der Waals surface area contributed by atoms with Crippen LogP contribution in [-0.2, 0) is 11.2 Å². The summed E-state index contributed by atoms with van der Waals surface area (Å²) in [5.74, 6) is 0.476. The van der Waals surface area contributed by atoms with E-state index in [2.05, 4.69) is 16.3 Å². The first-order valence-electron chi connectivity index (χ1n) is 12.5. The van der Waals surface area contributed by atoms with Crippen molar-refractivity contribution < 1.29 is 13.9 Å². The van der Waals surface area contributed by atoms with Crippen molar-refractivity contribution in [2.75, 3.05) is 32.4 Å². The number of allylic oxidation sites excluding steroid dienone is 1. The second-order valence-corrected chi connectivity index (χ2v) is 10.6. The van der Waals surface area contributed by atoms with Gasteiger partial charge in [0.15, 0.2) is 0 Å². The van der Waals surface area contributed by atoms with Crippen LogP contribution in [0.25, 0.3) is 0 Å². The van der Waals surface area contributed by atoms with Crippen molar-refractivity contribution >= 4 is 41.0 Å². The predicted molar refractivity (Wildman–Crippen MR) is 148 cm³/mol. The Balaban J connectivity index is 1.42. The minimum absolute atomic E-state index is 0.0410. The molecule has 0 spiro atoms. The Morgan fingerprint density at radius 2 is 2.03 bits per heavy atom. The number of hydrogen-bond acceptors (Lipinski definition) is 5. The number of hydrogen-bond donors (Lipinski definition) is 2. The average Bonchev–Trinajstić information content (AvgIpc) is 3.33. The number of likely N-dealkylation sites (N-methyl/N-ethyl adjacent to an activating group) is 1. The zero-order valence-corrected chi connectivity index (χ0v) is 22.9. The number of aliphatic imine (C=N–C) groups is 1. The number of anilines is 1. The summed E-state index contributed by atoms with van der Waals surface area (Å²) in [6.07, 6.45) is 6.40. The molecule has 2 aliphatic heterocycles. The van der Waals surface area contributed by atoms with E-state index in [1.807, 2.05) is 25.3 Å². The van der Waals surface area contributed by atoms with Gasteiger partial charge in [0, 0.05) is 23.8 Å². The van der Waals surface area contributed by atoms with E-state index in [1.165, 1.54) is 17.7 Å². The van der Waals surface area contributed by atoms with Crippen LogP contribution in [0.1, 0.15) is 42.6 Å². The number of amides is 1. The molecule has 2 atom stereocenters. The first-order chi connectivity index (χ1) is 17.7. The molecule has 0 aromatic heterocycles. The number of carbonyl (C=O) groups excluding carboxylic acids is 1. The zero-order chi connectivity index (χ0) is 26.7. The largest absolute Gasteiger partial charge is 0.484 e. The van der Waals surface area contributed by atoms with Crippen molar-refractivity contribution in [3.8, 4) is 5.75 Å². The van der Waals surface area contributed by atoms with Crippen molar-refractivity contribution in [1.29, 1.82) is 0 Å². The number of nitrogens with zero attached hydrogens (tertiary/aromatic N) is 2. The summed E-state index contributed by atoms with van der Waals surface area (Å²) in [6, 6.07) is 6.71. The molecule has 0 aliphatic carbocycles. The van der Waals surface area contributed by atoms with E-state index in [4.69, 9.17) is 38.7 Å². The number of likely N-dealkylation sites (tertiary alicyclic amines) is 1. The van der Waals surface area contributed by atoms with Gasteiger partial charge in [-0.3, -0.25) is 14.7 Å². The van der Waals surface area contributed by atoms with E-state index in [9.17, 15) is 9.18 Å². The van der Waals surface area contributed by atoms with Crippen LogP contribution >= 0.6 is 23.2 Å². The molecule has 2 aromatic rings. The molecule has 198 valence electrons. The molecule has 0 radical (unpaired) electrons. The predicted octanol–water partition coefficient (Wildman–Crippen LogP) is 5.54. The fourth-order valence-electron chi connectivity index (χ4n) is 5.01. The topological polar surface area (TPSA) is 80.0 Å². The smallest absolute Gasteiger partial charge is 0.233 e. The highest BCUT2D eigenvalue weighted by molar-refractivity contribution is 6.36. The van der Waals surface area contributed by atoms with Gasteiger partial charge >= 0.3 is 0 Å². The minimum atomic E-state index is -0.599. The maximum Gasteiger partial charge on any atom is 0.233 e. The second-order valence-electron chi connectivity index (χ2n) is 9.78. The molecule has 2 aliphatic rings. The second kappa shape index (κ2) is 11.8. The van der Waals surface area contributed by atoms with Crippen LogP contribution in [0.4, 0.5) is 10.1 Å². The van der Waals surface area contributed by atoms with Crippen LogP contribution in [0, 0.1) is 18.7 Å². The van der Waals surface area contributed by atoms with Crippen LogP contribution in [-0.4, -0.2) is 49.7 Å². The first-order valence-corrected chi connectivity index (χ1v) is 13.3. The van der Waals surface area contributed by atoms with E-state index in [0.29, 0.717) is 40.9 Å². The van der Waals surface area contributed by atoms with Crippen LogP contribution in [0.5, 0.6) is 5.75 Å². The van der Waals surface area contributed by atoms with Gasteiger partial charge in [-0.25, -0.2) is 4.39 Å². The lowest BCUT2D eigenvalue weighted by molar-refractivity contribution is -0.122. The van der Waals surface area contributed by atoms with Crippen molar-refractivity contribution in [3.63, 3.8) is 0 Å². The number of nitrogens with two attached hydrogens (primary N) is 1. The molecule has 1 fully saturated rings. The summed E-state index contributed by atoms with van der Waals surface area (Å²) in [5, 5.41) is 2.97. The molecule has 2 unspecified atom stereocenters. The third-order valence-corrected chi connectivity index (χ3v) is 7.86. The van der Waals surface area contributed by atoms with Gasteiger partial charge in [0.05, 0.1) is 23.3 Å². The van der Waals surface area contributed by atoms with Crippen molar-refractivity contribution in [2.45, 2.75) is 45.3 Å². The SMILES string of the molecule is CNC(=O)CN1CCC(C2=CC(Cc3cc(C)c(N)c(OC(C)c4c(Cl)ccc(F)c4Cl)c3)N=C2)CC1. The van der Waals surface area contributed by atoms with Crippen molar-refractivity contribution in [2.24, 2.45) is 10.9 Å². The quantitative estimate of drug-likeness (QED) is 0.336. The summed E-state index contributed by atoms with van der Waals surface area (Å²) >= 11 is 12.5. The number of carbonyl (C=O) groups is 1.